The molecule has 0 atom stereocenters. The van der Waals surface area contributed by atoms with E-state index in [0.717, 1.165) is 43.7 Å². The molecule has 2 aromatic carbocycles. The van der Waals surface area contributed by atoms with Crippen LogP contribution in [0.3, 0.4) is 0 Å². The summed E-state index contributed by atoms with van der Waals surface area (Å²) in [6, 6.07) is 22.0. The Morgan fingerprint density at radius 3 is 1.74 bits per heavy atom. The summed E-state index contributed by atoms with van der Waals surface area (Å²) in [4.78, 5) is 4.73. The number of benzene rings is 2. The van der Waals surface area contributed by atoms with Crippen LogP contribution in [-0.2, 0) is 19.3 Å². The lowest BCUT2D eigenvalue weighted by molar-refractivity contribution is 0.305. The highest BCUT2D eigenvalue weighted by atomic mass is 16.5. The minimum absolute atomic E-state index is 0.822. The summed E-state index contributed by atoms with van der Waals surface area (Å²) in [6.45, 7) is 5.33. The molecule has 188 valence electrons. The average molecular weight is 472 g/mol. The highest BCUT2D eigenvalue weighted by molar-refractivity contribution is 5.59. The molecule has 0 saturated heterocycles. The second-order valence-corrected chi connectivity index (χ2v) is 9.82. The molecule has 35 heavy (non-hydrogen) atoms. The topological polar surface area (TPSA) is 22.1 Å². The van der Waals surface area contributed by atoms with Gasteiger partial charge in [-0.25, -0.2) is 0 Å². The highest BCUT2D eigenvalue weighted by Crippen LogP contribution is 2.20. The number of hydrogen-bond acceptors (Lipinski definition) is 2. The fraction of sp³-hybridized carbons (Fsp3) is 0.485. The van der Waals surface area contributed by atoms with Gasteiger partial charge in [0.1, 0.15) is 5.75 Å². The first-order valence-corrected chi connectivity index (χ1v) is 14.0. The summed E-state index contributed by atoms with van der Waals surface area (Å²) in [5, 5.41) is 0. The van der Waals surface area contributed by atoms with Crippen molar-refractivity contribution in [1.82, 2.24) is 4.98 Å². The Morgan fingerprint density at radius 2 is 1.11 bits per heavy atom. The number of hydrogen-bond donors (Lipinski definition) is 0. The molecule has 0 fully saturated rings. The fourth-order valence-electron chi connectivity index (χ4n) is 4.45. The van der Waals surface area contributed by atoms with Gasteiger partial charge in [-0.05, 0) is 67.0 Å². The zero-order valence-corrected chi connectivity index (χ0v) is 22.1. The van der Waals surface area contributed by atoms with Crippen LogP contribution < -0.4 is 4.74 Å². The van der Waals surface area contributed by atoms with Crippen molar-refractivity contribution in [3.8, 4) is 17.0 Å². The number of pyridine rings is 1. The zero-order valence-electron chi connectivity index (χ0n) is 22.1. The zero-order chi connectivity index (χ0) is 24.6. The molecule has 0 aliphatic heterocycles. The van der Waals surface area contributed by atoms with Crippen molar-refractivity contribution in [2.75, 3.05) is 6.61 Å². The molecule has 0 amide bonds. The van der Waals surface area contributed by atoms with E-state index in [0.29, 0.717) is 0 Å². The Kier molecular flexibility index (Phi) is 12.4. The molecule has 0 aliphatic rings. The van der Waals surface area contributed by atoms with Gasteiger partial charge in [-0.3, -0.25) is 4.98 Å². The van der Waals surface area contributed by atoms with Crippen LogP contribution in [0.25, 0.3) is 11.3 Å². The van der Waals surface area contributed by atoms with E-state index in [1.54, 1.807) is 0 Å². The maximum absolute atomic E-state index is 5.86. The molecule has 0 aliphatic carbocycles. The number of aryl methyl sites for hydroxylation is 3. The molecule has 0 spiro atoms. The van der Waals surface area contributed by atoms with Crippen LogP contribution in [0, 0.1) is 0 Å². The van der Waals surface area contributed by atoms with Crippen LogP contribution in [-0.4, -0.2) is 11.6 Å². The van der Waals surface area contributed by atoms with E-state index in [4.69, 9.17) is 9.72 Å². The first kappa shape index (κ1) is 27.0. The summed E-state index contributed by atoms with van der Waals surface area (Å²) in [6.07, 6.45) is 18.3. The third-order valence-corrected chi connectivity index (χ3v) is 6.79. The monoisotopic (exact) mass is 471 g/mol. The molecule has 2 nitrogen and oxygen atoms in total. The Balaban J connectivity index is 1.39. The second-order valence-electron chi connectivity index (χ2n) is 9.82. The smallest absolute Gasteiger partial charge is 0.119 e. The van der Waals surface area contributed by atoms with Crippen molar-refractivity contribution in [3.05, 3.63) is 83.6 Å². The molecular weight excluding hydrogens is 426 g/mol. The number of nitrogens with zero attached hydrogens (tertiary/aromatic N) is 1. The van der Waals surface area contributed by atoms with Crippen molar-refractivity contribution < 1.29 is 4.74 Å². The number of unbranched alkanes of at least 4 members (excludes halogenated alkanes) is 8. The largest absolute Gasteiger partial charge is 0.494 e. The van der Waals surface area contributed by atoms with Gasteiger partial charge in [0.05, 0.1) is 12.3 Å². The van der Waals surface area contributed by atoms with E-state index >= 15 is 0 Å². The molecule has 2 heteroatoms. The van der Waals surface area contributed by atoms with Crippen molar-refractivity contribution in [1.29, 1.82) is 0 Å². The van der Waals surface area contributed by atoms with E-state index in [9.17, 15) is 0 Å². The highest BCUT2D eigenvalue weighted by Gasteiger charge is 2.03. The molecule has 0 N–H and O–H groups in total. The van der Waals surface area contributed by atoms with Gasteiger partial charge < -0.3 is 4.74 Å². The molecule has 0 unspecified atom stereocenters. The van der Waals surface area contributed by atoms with Gasteiger partial charge in [-0.1, -0.05) is 108 Å². The molecule has 1 heterocycles. The Morgan fingerprint density at radius 1 is 0.543 bits per heavy atom. The molecule has 3 rings (SSSR count). The van der Waals surface area contributed by atoms with E-state index in [2.05, 4.69) is 80.7 Å². The van der Waals surface area contributed by atoms with Crippen LogP contribution in [0.15, 0.2) is 66.9 Å². The molecule has 1 aromatic heterocycles. The summed E-state index contributed by atoms with van der Waals surface area (Å²) in [5.41, 5.74) is 6.34. The predicted octanol–water partition coefficient (Wildman–Crippen LogP) is 9.40. The number of aromatic nitrogens is 1. The van der Waals surface area contributed by atoms with Gasteiger partial charge in [-0.15, -0.1) is 0 Å². The van der Waals surface area contributed by atoms with Gasteiger partial charge in [-0.2, -0.15) is 0 Å². The van der Waals surface area contributed by atoms with Crippen LogP contribution in [0.2, 0.25) is 0 Å². The fourth-order valence-corrected chi connectivity index (χ4v) is 4.45. The van der Waals surface area contributed by atoms with E-state index < -0.39 is 0 Å². The van der Waals surface area contributed by atoms with E-state index in [-0.39, 0.29) is 0 Å². The molecule has 0 saturated carbocycles. The third-order valence-electron chi connectivity index (χ3n) is 6.79. The van der Waals surface area contributed by atoms with Crippen LogP contribution in [0.5, 0.6) is 5.75 Å². The number of ether oxygens (including phenoxy) is 1. The Labute approximate surface area is 214 Å². The van der Waals surface area contributed by atoms with Crippen molar-refractivity contribution in [3.63, 3.8) is 0 Å². The lowest BCUT2D eigenvalue weighted by Gasteiger charge is -2.08. The van der Waals surface area contributed by atoms with Gasteiger partial charge in [0, 0.05) is 11.8 Å². The second kappa shape index (κ2) is 16.1. The standard InChI is InChI=1S/C33H45NO/c1-3-5-7-9-10-11-13-30-20-25-33(34-27-30)31-21-16-28(17-22-31)14-15-29-18-23-32(24-19-29)35-26-12-8-6-4-2/h16-25,27H,3-15,26H2,1-2H3. The predicted molar refractivity (Wildman–Crippen MR) is 150 cm³/mol. The minimum Gasteiger partial charge on any atom is -0.494 e. The molecule has 0 bridgehead atoms. The first-order chi connectivity index (χ1) is 17.3. The first-order valence-electron chi connectivity index (χ1n) is 14.0. The maximum Gasteiger partial charge on any atom is 0.119 e. The van der Waals surface area contributed by atoms with Gasteiger partial charge in [0.25, 0.3) is 0 Å². The Bertz CT molecular complexity index is 928. The minimum atomic E-state index is 0.822. The van der Waals surface area contributed by atoms with Crippen LogP contribution in [0.1, 0.15) is 94.7 Å². The van der Waals surface area contributed by atoms with Crippen LogP contribution >= 0.6 is 0 Å². The maximum atomic E-state index is 5.86. The molecule has 0 radical (unpaired) electrons. The SMILES string of the molecule is CCCCCCCCc1ccc(-c2ccc(CCc3ccc(OCCCCCC)cc3)cc2)nc1. The van der Waals surface area contributed by atoms with Gasteiger partial charge in [0.2, 0.25) is 0 Å². The lowest BCUT2D eigenvalue weighted by atomic mass is 10.0. The average Bonchev–Trinajstić information content (AvgIpc) is 2.91. The van der Waals surface area contributed by atoms with Gasteiger partial charge in [0.15, 0.2) is 0 Å². The van der Waals surface area contributed by atoms with Crippen molar-refractivity contribution in [2.24, 2.45) is 0 Å². The normalized spacial score (nSPS) is 11.0. The van der Waals surface area contributed by atoms with Crippen molar-refractivity contribution >= 4 is 0 Å². The summed E-state index contributed by atoms with van der Waals surface area (Å²) in [5.74, 6) is 0.986. The quantitative estimate of drug-likeness (QED) is 0.183. The van der Waals surface area contributed by atoms with Crippen molar-refractivity contribution in [2.45, 2.75) is 97.3 Å². The third kappa shape index (κ3) is 10.3. The summed E-state index contributed by atoms with van der Waals surface area (Å²) in [7, 11) is 0. The summed E-state index contributed by atoms with van der Waals surface area (Å²) < 4.78 is 5.86. The van der Waals surface area contributed by atoms with Gasteiger partial charge >= 0.3 is 0 Å². The van der Waals surface area contributed by atoms with E-state index in [1.807, 2.05) is 0 Å². The van der Waals surface area contributed by atoms with E-state index in [1.165, 1.54) is 80.0 Å². The molecular formula is C33H45NO. The molecule has 3 aromatic rings. The van der Waals surface area contributed by atoms with Crippen LogP contribution in [0.4, 0.5) is 0 Å². The number of rotatable bonds is 17. The Hall–Kier alpha value is -2.61. The summed E-state index contributed by atoms with van der Waals surface area (Å²) >= 11 is 0. The lowest BCUT2D eigenvalue weighted by Crippen LogP contribution is -1.97.